The van der Waals surface area contributed by atoms with Crippen molar-refractivity contribution in [2.45, 2.75) is 31.7 Å². The summed E-state index contributed by atoms with van der Waals surface area (Å²) in [7, 11) is 1.49. The van der Waals surface area contributed by atoms with Crippen molar-refractivity contribution in [3.8, 4) is 0 Å². The molecule has 0 saturated heterocycles. The standard InChI is InChI=1S/C14H22N2O4S/c1-14(2,11-5-4-8-21-11)9-15-13(19)16-10(12(17)18)6-7-20-3/h4-5,8,10H,6-7,9H2,1-3H3,(H,17,18)(H2,15,16,19). The Balaban J connectivity index is 2.47. The number of aliphatic carboxylic acids is 1. The normalized spacial score (nSPS) is 12.7. The zero-order chi connectivity index (χ0) is 15.9. The molecule has 0 aliphatic heterocycles. The molecule has 2 amide bonds. The summed E-state index contributed by atoms with van der Waals surface area (Å²) in [5, 5.41) is 16.2. The molecule has 0 fully saturated rings. The van der Waals surface area contributed by atoms with E-state index >= 15 is 0 Å². The summed E-state index contributed by atoms with van der Waals surface area (Å²) >= 11 is 1.63. The van der Waals surface area contributed by atoms with Gasteiger partial charge >= 0.3 is 12.0 Å². The Morgan fingerprint density at radius 2 is 2.19 bits per heavy atom. The second-order valence-corrected chi connectivity index (χ2v) is 6.31. The maximum Gasteiger partial charge on any atom is 0.326 e. The molecule has 1 unspecified atom stereocenters. The molecule has 0 aromatic carbocycles. The van der Waals surface area contributed by atoms with Crippen molar-refractivity contribution in [2.24, 2.45) is 0 Å². The average Bonchev–Trinajstić information content (AvgIpc) is 2.96. The topological polar surface area (TPSA) is 87.7 Å². The molecular weight excluding hydrogens is 292 g/mol. The van der Waals surface area contributed by atoms with Gasteiger partial charge in [-0.1, -0.05) is 19.9 Å². The predicted molar refractivity (Wildman–Crippen MR) is 81.8 cm³/mol. The highest BCUT2D eigenvalue weighted by atomic mass is 32.1. The van der Waals surface area contributed by atoms with Crippen LogP contribution in [-0.2, 0) is 14.9 Å². The van der Waals surface area contributed by atoms with Gasteiger partial charge in [0.1, 0.15) is 6.04 Å². The smallest absolute Gasteiger partial charge is 0.326 e. The fraction of sp³-hybridized carbons (Fsp3) is 0.571. The van der Waals surface area contributed by atoms with Crippen LogP contribution >= 0.6 is 11.3 Å². The minimum atomic E-state index is -1.07. The van der Waals surface area contributed by atoms with Gasteiger partial charge in [-0.15, -0.1) is 11.3 Å². The quantitative estimate of drug-likeness (QED) is 0.683. The molecule has 7 heteroatoms. The molecule has 0 aliphatic rings. The zero-order valence-corrected chi connectivity index (χ0v) is 13.3. The van der Waals surface area contributed by atoms with Crippen molar-refractivity contribution in [3.63, 3.8) is 0 Å². The summed E-state index contributed by atoms with van der Waals surface area (Å²) in [6.45, 7) is 4.76. The van der Waals surface area contributed by atoms with Gasteiger partial charge in [0.15, 0.2) is 0 Å². The molecule has 118 valence electrons. The Morgan fingerprint density at radius 3 is 2.71 bits per heavy atom. The third-order valence-corrected chi connectivity index (χ3v) is 4.33. The lowest BCUT2D eigenvalue weighted by Gasteiger charge is -2.24. The van der Waals surface area contributed by atoms with Crippen molar-refractivity contribution in [1.82, 2.24) is 10.6 Å². The molecule has 0 saturated carbocycles. The van der Waals surface area contributed by atoms with E-state index in [9.17, 15) is 9.59 Å². The highest BCUT2D eigenvalue weighted by Crippen LogP contribution is 2.26. The molecule has 1 heterocycles. The first-order valence-electron chi connectivity index (χ1n) is 6.67. The molecular formula is C14H22N2O4S. The van der Waals surface area contributed by atoms with Crippen LogP contribution in [0.1, 0.15) is 25.1 Å². The third-order valence-electron chi connectivity index (χ3n) is 3.09. The van der Waals surface area contributed by atoms with Crippen molar-refractivity contribution in [3.05, 3.63) is 22.4 Å². The largest absolute Gasteiger partial charge is 0.480 e. The highest BCUT2D eigenvalue weighted by molar-refractivity contribution is 7.10. The van der Waals surface area contributed by atoms with Crippen LogP contribution in [0.4, 0.5) is 4.79 Å². The summed E-state index contributed by atoms with van der Waals surface area (Å²) in [4.78, 5) is 24.0. The Hall–Kier alpha value is -1.60. The number of amides is 2. The van der Waals surface area contributed by atoms with Gasteiger partial charge in [-0.2, -0.15) is 0 Å². The van der Waals surface area contributed by atoms with Gasteiger partial charge < -0.3 is 20.5 Å². The molecule has 0 spiro atoms. The van der Waals surface area contributed by atoms with E-state index in [1.807, 2.05) is 31.4 Å². The summed E-state index contributed by atoms with van der Waals surface area (Å²) in [5.41, 5.74) is -0.198. The summed E-state index contributed by atoms with van der Waals surface area (Å²) in [6.07, 6.45) is 0.230. The number of rotatable bonds is 8. The first-order valence-corrected chi connectivity index (χ1v) is 7.55. The molecule has 1 rings (SSSR count). The summed E-state index contributed by atoms with van der Waals surface area (Å²) in [6, 6.07) is 2.55. The Bertz CT molecular complexity index is 460. The number of thiophene rings is 1. The lowest BCUT2D eigenvalue weighted by molar-refractivity contribution is -0.139. The lowest BCUT2D eigenvalue weighted by atomic mass is 9.91. The number of carboxylic acids is 1. The molecule has 3 N–H and O–H groups in total. The number of carbonyl (C=O) groups is 2. The first-order chi connectivity index (χ1) is 9.86. The zero-order valence-electron chi connectivity index (χ0n) is 12.5. The Kier molecular flexibility index (Phi) is 6.64. The second-order valence-electron chi connectivity index (χ2n) is 5.36. The van der Waals surface area contributed by atoms with Gasteiger partial charge in [0, 0.05) is 37.0 Å². The van der Waals surface area contributed by atoms with E-state index in [2.05, 4.69) is 10.6 Å². The molecule has 0 radical (unpaired) electrons. The van der Waals surface area contributed by atoms with E-state index < -0.39 is 18.0 Å². The molecule has 0 bridgehead atoms. The second kappa shape index (κ2) is 7.99. The van der Waals surface area contributed by atoms with Crippen LogP contribution in [0, 0.1) is 0 Å². The van der Waals surface area contributed by atoms with Crippen LogP contribution in [0.25, 0.3) is 0 Å². The van der Waals surface area contributed by atoms with Crippen LogP contribution in [0.15, 0.2) is 17.5 Å². The van der Waals surface area contributed by atoms with Crippen LogP contribution < -0.4 is 10.6 Å². The number of nitrogens with one attached hydrogen (secondary N) is 2. The summed E-state index contributed by atoms with van der Waals surface area (Å²) in [5.74, 6) is -1.07. The number of hydrogen-bond donors (Lipinski definition) is 3. The van der Waals surface area contributed by atoms with Gasteiger partial charge in [-0.25, -0.2) is 9.59 Å². The fourth-order valence-corrected chi connectivity index (χ4v) is 2.61. The van der Waals surface area contributed by atoms with Crippen molar-refractivity contribution in [1.29, 1.82) is 0 Å². The van der Waals surface area contributed by atoms with E-state index in [1.54, 1.807) is 11.3 Å². The van der Waals surface area contributed by atoms with Gasteiger partial charge in [-0.3, -0.25) is 0 Å². The maximum atomic E-state index is 11.8. The molecule has 21 heavy (non-hydrogen) atoms. The first kappa shape index (κ1) is 17.5. The minimum Gasteiger partial charge on any atom is -0.480 e. The van der Waals surface area contributed by atoms with Gasteiger partial charge in [-0.05, 0) is 11.4 Å². The highest BCUT2D eigenvalue weighted by Gasteiger charge is 2.24. The summed E-state index contributed by atoms with van der Waals surface area (Å²) < 4.78 is 4.83. The van der Waals surface area contributed by atoms with E-state index in [-0.39, 0.29) is 18.4 Å². The average molecular weight is 314 g/mol. The molecule has 1 aromatic rings. The van der Waals surface area contributed by atoms with Crippen molar-refractivity contribution < 1.29 is 19.4 Å². The van der Waals surface area contributed by atoms with Crippen LogP contribution in [0.5, 0.6) is 0 Å². The Labute approximate surface area is 128 Å². The number of carboxylic acid groups (broad SMARTS) is 1. The Morgan fingerprint density at radius 1 is 1.48 bits per heavy atom. The number of urea groups is 1. The third kappa shape index (κ3) is 5.73. The van der Waals surface area contributed by atoms with Crippen LogP contribution in [0.3, 0.4) is 0 Å². The van der Waals surface area contributed by atoms with Crippen LogP contribution in [0.2, 0.25) is 0 Å². The van der Waals surface area contributed by atoms with E-state index in [1.165, 1.54) is 7.11 Å². The molecule has 0 aliphatic carbocycles. The van der Waals surface area contributed by atoms with Gasteiger partial charge in [0.25, 0.3) is 0 Å². The van der Waals surface area contributed by atoms with E-state index in [0.29, 0.717) is 6.54 Å². The fourth-order valence-electron chi connectivity index (χ4n) is 1.75. The molecule has 1 atom stereocenters. The van der Waals surface area contributed by atoms with Gasteiger partial charge in [0.2, 0.25) is 0 Å². The maximum absolute atomic E-state index is 11.8. The molecule has 1 aromatic heterocycles. The lowest BCUT2D eigenvalue weighted by Crippen LogP contribution is -2.48. The SMILES string of the molecule is COCCC(NC(=O)NCC(C)(C)c1cccs1)C(=O)O. The number of hydrogen-bond acceptors (Lipinski definition) is 4. The van der Waals surface area contributed by atoms with E-state index in [0.717, 1.165) is 4.88 Å². The predicted octanol–water partition coefficient (Wildman–Crippen LogP) is 1.81. The van der Waals surface area contributed by atoms with Gasteiger partial charge in [0.05, 0.1) is 0 Å². The van der Waals surface area contributed by atoms with Crippen molar-refractivity contribution >= 4 is 23.3 Å². The number of ether oxygens (including phenoxy) is 1. The molecule has 6 nitrogen and oxygen atoms in total. The monoisotopic (exact) mass is 314 g/mol. The van der Waals surface area contributed by atoms with Crippen molar-refractivity contribution in [2.75, 3.05) is 20.3 Å². The van der Waals surface area contributed by atoms with E-state index in [4.69, 9.17) is 9.84 Å². The number of methoxy groups -OCH3 is 1. The van der Waals surface area contributed by atoms with Crippen LogP contribution in [-0.4, -0.2) is 43.4 Å². The minimum absolute atomic E-state index is 0.198. The number of carbonyl (C=O) groups excluding carboxylic acids is 1.